The number of hydrogen-bond donors (Lipinski definition) is 2. The molecule has 0 aliphatic rings. The molecule has 0 radical (unpaired) electrons. The van der Waals surface area contributed by atoms with Crippen molar-refractivity contribution in [1.82, 2.24) is 4.98 Å². The van der Waals surface area contributed by atoms with Gasteiger partial charge in [-0.05, 0) is 24.3 Å². The van der Waals surface area contributed by atoms with E-state index in [0.717, 1.165) is 12.2 Å². The lowest BCUT2D eigenvalue weighted by atomic mass is 10.3. The number of pyridine rings is 1. The first-order valence-electron chi connectivity index (χ1n) is 4.14. The van der Waals surface area contributed by atoms with Crippen LogP contribution < -0.4 is 5.32 Å². The molecule has 0 unspecified atom stereocenters. The smallest absolute Gasteiger partial charge is 0.225 e. The van der Waals surface area contributed by atoms with Gasteiger partial charge < -0.3 is 5.32 Å². The number of nitrogens with zero attached hydrogens (tertiary/aromatic N) is 1. The lowest BCUT2D eigenvalue weighted by molar-refractivity contribution is -0.116. The summed E-state index contributed by atoms with van der Waals surface area (Å²) in [6.07, 6.45) is 2.94. The van der Waals surface area contributed by atoms with Crippen molar-refractivity contribution < 1.29 is 4.79 Å². The third-order valence-corrected chi connectivity index (χ3v) is 1.81. The van der Waals surface area contributed by atoms with Gasteiger partial charge in [0.25, 0.3) is 0 Å². The van der Waals surface area contributed by atoms with Crippen molar-refractivity contribution in [2.45, 2.75) is 12.8 Å². The zero-order chi connectivity index (χ0) is 9.52. The zero-order valence-electron chi connectivity index (χ0n) is 7.23. The standard InChI is InChI=1S/C9H12N2OS/c12-9(5-3-7-13)11-8-4-1-2-6-10-8/h1-2,4,6,13H,3,5,7H2,(H,10,11,12). The van der Waals surface area contributed by atoms with Crippen LogP contribution in [-0.4, -0.2) is 16.6 Å². The molecule has 0 fully saturated rings. The highest BCUT2D eigenvalue weighted by Gasteiger charge is 2.00. The summed E-state index contributed by atoms with van der Waals surface area (Å²) in [4.78, 5) is 15.2. The van der Waals surface area contributed by atoms with Gasteiger partial charge in [-0.25, -0.2) is 4.98 Å². The fourth-order valence-electron chi connectivity index (χ4n) is 0.882. The van der Waals surface area contributed by atoms with Crippen molar-refractivity contribution in [3.63, 3.8) is 0 Å². The first-order chi connectivity index (χ1) is 6.33. The average molecular weight is 196 g/mol. The van der Waals surface area contributed by atoms with E-state index in [2.05, 4.69) is 22.9 Å². The number of carbonyl (C=O) groups is 1. The summed E-state index contributed by atoms with van der Waals surface area (Å²) >= 11 is 4.03. The Balaban J connectivity index is 2.37. The van der Waals surface area contributed by atoms with Crippen molar-refractivity contribution in [2.75, 3.05) is 11.1 Å². The Bertz CT molecular complexity index is 264. The monoisotopic (exact) mass is 196 g/mol. The summed E-state index contributed by atoms with van der Waals surface area (Å²) in [7, 11) is 0. The Morgan fingerprint density at radius 3 is 3.00 bits per heavy atom. The SMILES string of the molecule is O=C(CCCS)Nc1ccccn1. The van der Waals surface area contributed by atoms with Gasteiger partial charge in [-0.3, -0.25) is 4.79 Å². The van der Waals surface area contributed by atoms with Crippen LogP contribution in [0.5, 0.6) is 0 Å². The average Bonchev–Trinajstić information content (AvgIpc) is 2.16. The second-order valence-corrected chi connectivity index (χ2v) is 3.04. The van der Waals surface area contributed by atoms with Gasteiger partial charge in [-0.2, -0.15) is 12.6 Å². The number of rotatable bonds is 4. The Labute approximate surface area is 83.0 Å². The maximum atomic E-state index is 11.2. The fraction of sp³-hybridized carbons (Fsp3) is 0.333. The molecule has 1 amide bonds. The summed E-state index contributed by atoms with van der Waals surface area (Å²) in [6, 6.07) is 5.41. The molecule has 4 heteroatoms. The van der Waals surface area contributed by atoms with Gasteiger partial charge in [-0.15, -0.1) is 0 Å². The van der Waals surface area contributed by atoms with Crippen LogP contribution in [0.15, 0.2) is 24.4 Å². The third-order valence-electron chi connectivity index (χ3n) is 1.49. The molecule has 1 aromatic heterocycles. The highest BCUT2D eigenvalue weighted by atomic mass is 32.1. The van der Waals surface area contributed by atoms with Crippen LogP contribution >= 0.6 is 12.6 Å². The number of carbonyl (C=O) groups excluding carboxylic acids is 1. The van der Waals surface area contributed by atoms with Crippen LogP contribution in [0, 0.1) is 0 Å². The van der Waals surface area contributed by atoms with E-state index in [0.29, 0.717) is 12.2 Å². The minimum absolute atomic E-state index is 0.00671. The molecule has 0 aromatic carbocycles. The van der Waals surface area contributed by atoms with Gasteiger partial charge in [0.05, 0.1) is 0 Å². The molecule has 1 N–H and O–H groups in total. The van der Waals surface area contributed by atoms with E-state index >= 15 is 0 Å². The van der Waals surface area contributed by atoms with Gasteiger partial charge in [-0.1, -0.05) is 6.07 Å². The maximum absolute atomic E-state index is 11.2. The largest absolute Gasteiger partial charge is 0.311 e. The molecule has 3 nitrogen and oxygen atoms in total. The molecule has 0 aliphatic heterocycles. The summed E-state index contributed by atoms with van der Waals surface area (Å²) in [6.45, 7) is 0. The summed E-state index contributed by atoms with van der Waals surface area (Å²) in [5, 5.41) is 2.69. The minimum Gasteiger partial charge on any atom is -0.311 e. The lowest BCUT2D eigenvalue weighted by Crippen LogP contribution is -2.12. The molecule has 1 rings (SSSR count). The second kappa shape index (κ2) is 5.59. The van der Waals surface area contributed by atoms with Gasteiger partial charge in [0.15, 0.2) is 0 Å². The predicted octanol–water partition coefficient (Wildman–Crippen LogP) is 1.73. The topological polar surface area (TPSA) is 42.0 Å². The molecule has 13 heavy (non-hydrogen) atoms. The Morgan fingerprint density at radius 2 is 2.38 bits per heavy atom. The Morgan fingerprint density at radius 1 is 1.54 bits per heavy atom. The third kappa shape index (κ3) is 3.94. The van der Waals surface area contributed by atoms with Crippen molar-refractivity contribution in [1.29, 1.82) is 0 Å². The molecule has 1 aromatic rings. The number of thiol groups is 1. The number of nitrogens with one attached hydrogen (secondary N) is 1. The molecule has 0 bridgehead atoms. The minimum atomic E-state index is -0.00671. The van der Waals surface area contributed by atoms with Crippen LogP contribution in [0.1, 0.15) is 12.8 Å². The number of aromatic nitrogens is 1. The fourth-order valence-corrected chi connectivity index (χ4v) is 1.04. The van der Waals surface area contributed by atoms with Crippen molar-refractivity contribution >= 4 is 24.4 Å². The molecular formula is C9H12N2OS. The number of hydrogen-bond acceptors (Lipinski definition) is 3. The predicted molar refractivity (Wildman–Crippen MR) is 56.0 cm³/mol. The first-order valence-corrected chi connectivity index (χ1v) is 4.78. The van der Waals surface area contributed by atoms with Gasteiger partial charge in [0.1, 0.15) is 5.82 Å². The van der Waals surface area contributed by atoms with Crippen molar-refractivity contribution in [3.8, 4) is 0 Å². The van der Waals surface area contributed by atoms with Gasteiger partial charge in [0.2, 0.25) is 5.91 Å². The van der Waals surface area contributed by atoms with Crippen molar-refractivity contribution in [3.05, 3.63) is 24.4 Å². The number of amides is 1. The van der Waals surface area contributed by atoms with E-state index in [9.17, 15) is 4.79 Å². The summed E-state index contributed by atoms with van der Waals surface area (Å²) in [5.41, 5.74) is 0. The van der Waals surface area contributed by atoms with Crippen LogP contribution in [0.2, 0.25) is 0 Å². The highest BCUT2D eigenvalue weighted by molar-refractivity contribution is 7.80. The molecule has 0 spiro atoms. The summed E-state index contributed by atoms with van der Waals surface area (Å²) < 4.78 is 0. The van der Waals surface area contributed by atoms with Crippen molar-refractivity contribution in [2.24, 2.45) is 0 Å². The first kappa shape index (κ1) is 10.1. The van der Waals surface area contributed by atoms with E-state index in [4.69, 9.17) is 0 Å². The van der Waals surface area contributed by atoms with E-state index in [1.807, 2.05) is 12.1 Å². The van der Waals surface area contributed by atoms with Crippen LogP contribution in [0.3, 0.4) is 0 Å². The summed E-state index contributed by atoms with van der Waals surface area (Å²) in [5.74, 6) is 1.33. The van der Waals surface area contributed by atoms with E-state index in [1.54, 1.807) is 12.3 Å². The van der Waals surface area contributed by atoms with Gasteiger partial charge in [0, 0.05) is 12.6 Å². The lowest BCUT2D eigenvalue weighted by Gasteiger charge is -2.01. The zero-order valence-corrected chi connectivity index (χ0v) is 8.13. The molecular weight excluding hydrogens is 184 g/mol. The molecule has 0 saturated carbocycles. The van der Waals surface area contributed by atoms with E-state index in [-0.39, 0.29) is 5.91 Å². The van der Waals surface area contributed by atoms with E-state index in [1.165, 1.54) is 0 Å². The quantitative estimate of drug-likeness (QED) is 0.720. The Kier molecular flexibility index (Phi) is 4.32. The number of anilines is 1. The molecule has 70 valence electrons. The Hall–Kier alpha value is -1.03. The highest BCUT2D eigenvalue weighted by Crippen LogP contribution is 2.01. The molecule has 0 aliphatic carbocycles. The maximum Gasteiger partial charge on any atom is 0.225 e. The normalized spacial score (nSPS) is 9.62. The van der Waals surface area contributed by atoms with E-state index < -0.39 is 0 Å². The second-order valence-electron chi connectivity index (χ2n) is 2.59. The molecule has 0 atom stereocenters. The molecule has 0 saturated heterocycles. The van der Waals surface area contributed by atoms with Gasteiger partial charge >= 0.3 is 0 Å². The van der Waals surface area contributed by atoms with Crippen LogP contribution in [-0.2, 0) is 4.79 Å². The van der Waals surface area contributed by atoms with Crippen LogP contribution in [0.4, 0.5) is 5.82 Å². The molecule has 1 heterocycles. The van der Waals surface area contributed by atoms with Crippen LogP contribution in [0.25, 0.3) is 0 Å².